The zero-order chi connectivity index (χ0) is 14.4. The maximum atomic E-state index is 5.48. The minimum absolute atomic E-state index is 0.341. The van der Waals surface area contributed by atoms with Crippen molar-refractivity contribution in [2.75, 3.05) is 31.6 Å². The van der Waals surface area contributed by atoms with Gasteiger partial charge in [0.25, 0.3) is 0 Å². The van der Waals surface area contributed by atoms with Crippen LogP contribution in [-0.4, -0.2) is 37.8 Å². The molecule has 0 aliphatic carbocycles. The maximum absolute atomic E-state index is 5.48. The number of methoxy groups -OCH3 is 1. The lowest BCUT2D eigenvalue weighted by Gasteiger charge is -2.33. The molecule has 4 nitrogen and oxygen atoms in total. The van der Waals surface area contributed by atoms with E-state index in [0.717, 1.165) is 44.1 Å². The second kappa shape index (κ2) is 7.60. The molecule has 4 heteroatoms. The van der Waals surface area contributed by atoms with E-state index in [4.69, 9.17) is 9.72 Å². The summed E-state index contributed by atoms with van der Waals surface area (Å²) in [7, 11) is 1.80. The van der Waals surface area contributed by atoms with Crippen LogP contribution in [0.2, 0.25) is 0 Å². The first-order valence-electron chi connectivity index (χ1n) is 7.63. The van der Waals surface area contributed by atoms with Gasteiger partial charge in [0.1, 0.15) is 5.82 Å². The summed E-state index contributed by atoms with van der Waals surface area (Å²) in [6, 6.07) is 6.30. The van der Waals surface area contributed by atoms with Gasteiger partial charge in [-0.1, -0.05) is 19.9 Å². The summed E-state index contributed by atoms with van der Waals surface area (Å²) in [6.07, 6.45) is 2.67. The van der Waals surface area contributed by atoms with Gasteiger partial charge in [0.15, 0.2) is 0 Å². The van der Waals surface area contributed by atoms with Crippen molar-refractivity contribution in [3.8, 4) is 0 Å². The highest BCUT2D eigenvalue weighted by atomic mass is 16.5. The van der Waals surface area contributed by atoms with E-state index in [9.17, 15) is 0 Å². The Balaban J connectivity index is 1.94. The van der Waals surface area contributed by atoms with Crippen molar-refractivity contribution in [3.05, 3.63) is 23.9 Å². The van der Waals surface area contributed by atoms with Gasteiger partial charge in [-0.3, -0.25) is 0 Å². The number of ether oxygens (including phenoxy) is 1. The number of anilines is 1. The Morgan fingerprint density at radius 3 is 3.05 bits per heavy atom. The molecule has 112 valence electrons. The maximum Gasteiger partial charge on any atom is 0.128 e. The molecule has 1 fully saturated rings. The van der Waals surface area contributed by atoms with Crippen molar-refractivity contribution in [1.29, 1.82) is 0 Å². The van der Waals surface area contributed by atoms with Crippen molar-refractivity contribution < 1.29 is 4.74 Å². The minimum Gasteiger partial charge on any atom is -0.380 e. The van der Waals surface area contributed by atoms with Gasteiger partial charge in [0.05, 0.1) is 11.8 Å². The lowest BCUT2D eigenvalue weighted by molar-refractivity contribution is 0.0891. The molecular formula is C16H27N3O. The number of nitrogens with one attached hydrogen (secondary N) is 1. The lowest BCUT2D eigenvalue weighted by Crippen LogP contribution is -2.39. The van der Waals surface area contributed by atoms with Gasteiger partial charge in [-0.2, -0.15) is 0 Å². The molecule has 0 amide bonds. The number of piperidine rings is 1. The van der Waals surface area contributed by atoms with Crippen molar-refractivity contribution in [3.63, 3.8) is 0 Å². The van der Waals surface area contributed by atoms with E-state index >= 15 is 0 Å². The fourth-order valence-corrected chi connectivity index (χ4v) is 2.57. The largest absolute Gasteiger partial charge is 0.380 e. The Morgan fingerprint density at radius 1 is 1.45 bits per heavy atom. The third-order valence-corrected chi connectivity index (χ3v) is 3.69. The van der Waals surface area contributed by atoms with Crippen LogP contribution in [0.1, 0.15) is 32.4 Å². The van der Waals surface area contributed by atoms with Crippen LogP contribution < -0.4 is 10.2 Å². The van der Waals surface area contributed by atoms with Crippen LogP contribution in [0.4, 0.5) is 5.82 Å². The second-order valence-corrected chi connectivity index (χ2v) is 5.96. The second-order valence-electron chi connectivity index (χ2n) is 5.96. The standard InChI is InChI=1S/C16H27N3O/c1-13(2)10-17-11-14-6-4-8-16(18-14)19-9-5-7-15(12-19)20-3/h4,6,8,13,15,17H,5,7,9-12H2,1-3H3. The number of hydrogen-bond donors (Lipinski definition) is 1. The molecule has 1 atom stereocenters. The van der Waals surface area contributed by atoms with Gasteiger partial charge in [-0.25, -0.2) is 4.98 Å². The molecule has 1 aromatic heterocycles. The molecule has 0 saturated carbocycles. The highest BCUT2D eigenvalue weighted by molar-refractivity contribution is 5.40. The monoisotopic (exact) mass is 277 g/mol. The van der Waals surface area contributed by atoms with E-state index < -0.39 is 0 Å². The van der Waals surface area contributed by atoms with E-state index in [-0.39, 0.29) is 0 Å². The Morgan fingerprint density at radius 2 is 2.30 bits per heavy atom. The molecule has 0 radical (unpaired) electrons. The third kappa shape index (κ3) is 4.46. The third-order valence-electron chi connectivity index (χ3n) is 3.69. The smallest absolute Gasteiger partial charge is 0.128 e. The molecule has 1 saturated heterocycles. The average molecular weight is 277 g/mol. The van der Waals surface area contributed by atoms with Gasteiger partial charge in [0.2, 0.25) is 0 Å². The van der Waals surface area contributed by atoms with E-state index in [0.29, 0.717) is 12.0 Å². The lowest BCUT2D eigenvalue weighted by atomic mass is 10.1. The van der Waals surface area contributed by atoms with Crippen LogP contribution in [0.15, 0.2) is 18.2 Å². The Labute approximate surface area is 122 Å². The van der Waals surface area contributed by atoms with Gasteiger partial charge in [-0.15, -0.1) is 0 Å². The Kier molecular flexibility index (Phi) is 5.80. The molecule has 2 heterocycles. The predicted molar refractivity (Wildman–Crippen MR) is 83.0 cm³/mol. The molecule has 0 spiro atoms. The SMILES string of the molecule is COC1CCCN(c2cccc(CNCC(C)C)n2)C1. The van der Waals surface area contributed by atoms with Crippen LogP contribution in [0, 0.1) is 5.92 Å². The van der Waals surface area contributed by atoms with Crippen LogP contribution in [0.5, 0.6) is 0 Å². The predicted octanol–water partition coefficient (Wildman–Crippen LogP) is 2.44. The fraction of sp³-hybridized carbons (Fsp3) is 0.688. The molecule has 2 rings (SSSR count). The quantitative estimate of drug-likeness (QED) is 0.866. The molecule has 1 aliphatic rings. The van der Waals surface area contributed by atoms with Crippen LogP contribution in [0.25, 0.3) is 0 Å². The molecular weight excluding hydrogens is 250 g/mol. The van der Waals surface area contributed by atoms with Crippen molar-refractivity contribution in [2.45, 2.75) is 39.3 Å². The molecule has 0 bridgehead atoms. The number of nitrogens with zero attached hydrogens (tertiary/aromatic N) is 2. The number of pyridine rings is 1. The topological polar surface area (TPSA) is 37.4 Å². The first-order chi connectivity index (χ1) is 9.69. The van der Waals surface area contributed by atoms with Crippen molar-refractivity contribution in [2.24, 2.45) is 5.92 Å². The molecule has 1 N–H and O–H groups in total. The summed E-state index contributed by atoms with van der Waals surface area (Å²) >= 11 is 0. The summed E-state index contributed by atoms with van der Waals surface area (Å²) in [5.41, 5.74) is 1.11. The summed E-state index contributed by atoms with van der Waals surface area (Å²) in [4.78, 5) is 7.11. The summed E-state index contributed by atoms with van der Waals surface area (Å²) < 4.78 is 5.48. The minimum atomic E-state index is 0.341. The fourth-order valence-electron chi connectivity index (χ4n) is 2.57. The van der Waals surface area contributed by atoms with Crippen LogP contribution >= 0.6 is 0 Å². The summed E-state index contributed by atoms with van der Waals surface area (Å²) in [5, 5.41) is 3.45. The number of rotatable bonds is 6. The highest BCUT2D eigenvalue weighted by Crippen LogP contribution is 2.19. The van der Waals surface area contributed by atoms with Gasteiger partial charge >= 0.3 is 0 Å². The summed E-state index contributed by atoms with van der Waals surface area (Å²) in [5.74, 6) is 1.75. The van der Waals surface area contributed by atoms with E-state index in [2.05, 4.69) is 42.3 Å². The molecule has 0 aromatic carbocycles. The van der Waals surface area contributed by atoms with E-state index in [1.807, 2.05) is 0 Å². The zero-order valence-electron chi connectivity index (χ0n) is 12.9. The Bertz CT molecular complexity index is 408. The highest BCUT2D eigenvalue weighted by Gasteiger charge is 2.20. The van der Waals surface area contributed by atoms with Crippen LogP contribution in [-0.2, 0) is 11.3 Å². The average Bonchev–Trinajstić information content (AvgIpc) is 2.47. The summed E-state index contributed by atoms with van der Waals surface area (Å²) in [6.45, 7) is 8.34. The number of hydrogen-bond acceptors (Lipinski definition) is 4. The van der Waals surface area contributed by atoms with Gasteiger partial charge in [0, 0.05) is 26.7 Å². The molecule has 20 heavy (non-hydrogen) atoms. The number of aromatic nitrogens is 1. The first kappa shape index (κ1) is 15.3. The van der Waals surface area contributed by atoms with Crippen molar-refractivity contribution >= 4 is 5.82 Å². The van der Waals surface area contributed by atoms with Crippen molar-refractivity contribution in [1.82, 2.24) is 10.3 Å². The van der Waals surface area contributed by atoms with E-state index in [1.54, 1.807) is 7.11 Å². The Hall–Kier alpha value is -1.13. The normalized spacial score (nSPS) is 19.6. The molecule has 1 aromatic rings. The van der Waals surface area contributed by atoms with Gasteiger partial charge < -0.3 is 15.0 Å². The molecule has 1 unspecified atom stereocenters. The van der Waals surface area contributed by atoms with Gasteiger partial charge in [-0.05, 0) is 37.4 Å². The van der Waals surface area contributed by atoms with Crippen LogP contribution in [0.3, 0.4) is 0 Å². The molecule has 1 aliphatic heterocycles. The zero-order valence-corrected chi connectivity index (χ0v) is 12.9. The first-order valence-corrected chi connectivity index (χ1v) is 7.63. The van der Waals surface area contributed by atoms with E-state index in [1.165, 1.54) is 6.42 Å².